The third kappa shape index (κ3) is 14.2. The Bertz CT molecular complexity index is 185. The molecule has 4 aliphatic rings. The van der Waals surface area contributed by atoms with Crippen molar-refractivity contribution < 1.29 is 24.1 Å². The highest BCUT2D eigenvalue weighted by Gasteiger charge is 2.13. The van der Waals surface area contributed by atoms with Gasteiger partial charge in [-0.3, -0.25) is 0 Å². The first-order valence-corrected chi connectivity index (χ1v) is 9.89. The Hall–Kier alpha value is -0.200. The van der Waals surface area contributed by atoms with E-state index in [2.05, 4.69) is 0 Å². The van der Waals surface area contributed by atoms with Crippen LogP contribution in [0.3, 0.4) is 0 Å². The third-order valence-corrected chi connectivity index (χ3v) is 4.19. The third-order valence-electron chi connectivity index (χ3n) is 4.19. The Morgan fingerprint density at radius 1 is 0.625 bits per heavy atom. The number of hydrogen-bond acceptors (Lipinski definition) is 5. The van der Waals surface area contributed by atoms with Crippen molar-refractivity contribution in [3.05, 3.63) is 0 Å². The van der Waals surface area contributed by atoms with Crippen molar-refractivity contribution in [2.75, 3.05) is 52.9 Å². The molecule has 0 radical (unpaired) electrons. The predicted molar refractivity (Wildman–Crippen MR) is 95.5 cm³/mol. The van der Waals surface area contributed by atoms with Crippen LogP contribution in [0.15, 0.2) is 0 Å². The summed E-state index contributed by atoms with van der Waals surface area (Å²) >= 11 is 0. The zero-order valence-electron chi connectivity index (χ0n) is 15.4. The summed E-state index contributed by atoms with van der Waals surface area (Å²) in [6.07, 6.45) is 12.5. The molecule has 4 fully saturated rings. The van der Waals surface area contributed by atoms with Crippen LogP contribution in [0.1, 0.15) is 64.2 Å². The molecule has 24 heavy (non-hydrogen) atoms. The lowest BCUT2D eigenvalue weighted by Gasteiger charge is -2.05. The predicted octanol–water partition coefficient (Wildman–Crippen LogP) is 3.33. The second kappa shape index (κ2) is 17.6. The monoisotopic (exact) mass is 346 g/mol. The second-order valence-electron chi connectivity index (χ2n) is 6.46. The zero-order valence-corrected chi connectivity index (χ0v) is 15.4. The summed E-state index contributed by atoms with van der Waals surface area (Å²) in [7, 11) is 0. The number of rotatable bonds is 3. The first kappa shape index (κ1) is 21.8. The van der Waals surface area contributed by atoms with E-state index < -0.39 is 0 Å². The molecule has 0 spiro atoms. The quantitative estimate of drug-likeness (QED) is 0.849. The van der Waals surface area contributed by atoms with Gasteiger partial charge in [-0.25, -0.2) is 0 Å². The highest BCUT2D eigenvalue weighted by atomic mass is 16.5. The minimum atomic E-state index is 0.305. The molecule has 5 nitrogen and oxygen atoms in total. The maximum Gasteiger partial charge on any atom is 0.0576 e. The lowest BCUT2D eigenvalue weighted by atomic mass is 10.1. The van der Waals surface area contributed by atoms with Crippen LogP contribution in [0.2, 0.25) is 0 Å². The van der Waals surface area contributed by atoms with Gasteiger partial charge in [0.15, 0.2) is 0 Å². The van der Waals surface area contributed by atoms with Crippen molar-refractivity contribution in [3.63, 3.8) is 0 Å². The fraction of sp³-hybridized carbons (Fsp3) is 1.00. The van der Waals surface area contributed by atoms with Gasteiger partial charge < -0.3 is 24.1 Å². The molecule has 0 bridgehead atoms. The highest BCUT2D eigenvalue weighted by Crippen LogP contribution is 2.16. The van der Waals surface area contributed by atoms with Gasteiger partial charge in [-0.05, 0) is 64.2 Å². The maximum atomic E-state index is 8.47. The molecule has 0 aromatic rings. The molecule has 1 N–H and O–H groups in total. The highest BCUT2D eigenvalue weighted by molar-refractivity contribution is 4.63. The summed E-state index contributed by atoms with van der Waals surface area (Å²) in [5, 5.41) is 8.47. The molecule has 0 aromatic carbocycles. The zero-order chi connectivity index (χ0) is 17.1. The van der Waals surface area contributed by atoms with Gasteiger partial charge in [0.25, 0.3) is 0 Å². The van der Waals surface area contributed by atoms with E-state index in [1.807, 2.05) is 0 Å². The summed E-state index contributed by atoms with van der Waals surface area (Å²) in [6.45, 7) is 7.23. The molecule has 1 atom stereocenters. The van der Waals surface area contributed by atoms with E-state index in [1.165, 1.54) is 51.4 Å². The Morgan fingerprint density at radius 2 is 1.08 bits per heavy atom. The van der Waals surface area contributed by atoms with Gasteiger partial charge in [0.1, 0.15) is 0 Å². The van der Waals surface area contributed by atoms with Crippen LogP contribution in [0.5, 0.6) is 0 Å². The second-order valence-corrected chi connectivity index (χ2v) is 6.46. The van der Waals surface area contributed by atoms with Gasteiger partial charge >= 0.3 is 0 Å². The van der Waals surface area contributed by atoms with E-state index in [9.17, 15) is 0 Å². The van der Waals surface area contributed by atoms with Crippen molar-refractivity contribution in [1.29, 1.82) is 0 Å². The van der Waals surface area contributed by atoms with Crippen LogP contribution in [-0.2, 0) is 18.9 Å². The largest absolute Gasteiger partial charge is 0.396 e. The number of ether oxygens (including phenoxy) is 4. The van der Waals surface area contributed by atoms with Gasteiger partial charge in [-0.1, -0.05) is 0 Å². The van der Waals surface area contributed by atoms with Crippen molar-refractivity contribution in [3.8, 4) is 0 Å². The summed E-state index contributed by atoms with van der Waals surface area (Å²) in [5.41, 5.74) is 0. The van der Waals surface area contributed by atoms with Crippen LogP contribution in [0.25, 0.3) is 0 Å². The fourth-order valence-corrected chi connectivity index (χ4v) is 2.72. The molecule has 5 heteroatoms. The first-order valence-electron chi connectivity index (χ1n) is 9.89. The van der Waals surface area contributed by atoms with E-state index in [0.717, 1.165) is 59.1 Å². The summed E-state index contributed by atoms with van der Waals surface area (Å²) in [6, 6.07) is 0. The number of aliphatic hydroxyl groups excluding tert-OH is 1. The molecule has 0 amide bonds. The maximum absolute atomic E-state index is 8.47. The van der Waals surface area contributed by atoms with Crippen LogP contribution < -0.4 is 0 Å². The van der Waals surface area contributed by atoms with E-state index in [0.29, 0.717) is 12.7 Å². The molecular weight excluding hydrogens is 308 g/mol. The molecule has 4 saturated heterocycles. The van der Waals surface area contributed by atoms with Crippen molar-refractivity contribution >= 4 is 0 Å². The lowest BCUT2D eigenvalue weighted by Crippen LogP contribution is -2.04. The molecule has 1 unspecified atom stereocenters. The fourth-order valence-electron chi connectivity index (χ4n) is 2.72. The lowest BCUT2D eigenvalue weighted by molar-refractivity contribution is 0.0969. The molecule has 144 valence electrons. The van der Waals surface area contributed by atoms with Gasteiger partial charge in [-0.2, -0.15) is 0 Å². The topological polar surface area (TPSA) is 57.2 Å². The summed E-state index contributed by atoms with van der Waals surface area (Å²) < 4.78 is 20.2. The van der Waals surface area contributed by atoms with E-state index in [-0.39, 0.29) is 0 Å². The van der Waals surface area contributed by atoms with E-state index in [1.54, 1.807) is 0 Å². The Balaban J connectivity index is 0.000000167. The van der Waals surface area contributed by atoms with E-state index >= 15 is 0 Å². The first-order chi connectivity index (χ1) is 11.9. The van der Waals surface area contributed by atoms with Crippen molar-refractivity contribution in [2.45, 2.75) is 70.3 Å². The summed E-state index contributed by atoms with van der Waals surface area (Å²) in [4.78, 5) is 0. The normalized spacial score (nSPS) is 25.1. The molecule has 0 saturated carbocycles. The minimum absolute atomic E-state index is 0.305. The van der Waals surface area contributed by atoms with Crippen LogP contribution in [0.4, 0.5) is 0 Å². The molecule has 4 aliphatic heterocycles. The van der Waals surface area contributed by atoms with Crippen LogP contribution in [0, 0.1) is 0 Å². The van der Waals surface area contributed by atoms with Crippen molar-refractivity contribution in [2.24, 2.45) is 0 Å². The standard InChI is InChI=1S/C7H14O2.3C4H8O/c8-5-1-3-7-4-2-6-9-7;3*1-2-4-5-3-1/h7-8H,1-6H2;3*1-4H2. The van der Waals surface area contributed by atoms with Crippen LogP contribution in [-0.4, -0.2) is 64.1 Å². The molecule has 4 rings (SSSR count). The van der Waals surface area contributed by atoms with Gasteiger partial charge in [-0.15, -0.1) is 0 Å². The average Bonchev–Trinajstić information content (AvgIpc) is 3.43. The Kier molecular flexibility index (Phi) is 16.0. The average molecular weight is 347 g/mol. The molecular formula is C19H38O5. The summed E-state index contributed by atoms with van der Waals surface area (Å²) in [5.74, 6) is 0. The minimum Gasteiger partial charge on any atom is -0.396 e. The smallest absolute Gasteiger partial charge is 0.0576 e. The molecule has 0 aliphatic carbocycles. The SMILES string of the molecule is C1CCOC1.C1CCOC1.C1CCOC1.OCCCC1CCCO1. The Morgan fingerprint density at radius 3 is 1.33 bits per heavy atom. The van der Waals surface area contributed by atoms with Gasteiger partial charge in [0.2, 0.25) is 0 Å². The molecule has 4 heterocycles. The number of hydrogen-bond donors (Lipinski definition) is 1. The van der Waals surface area contributed by atoms with Gasteiger partial charge in [0.05, 0.1) is 6.10 Å². The van der Waals surface area contributed by atoms with Gasteiger partial charge in [0, 0.05) is 52.9 Å². The number of aliphatic hydroxyl groups is 1. The Labute approximate surface area is 148 Å². The van der Waals surface area contributed by atoms with E-state index in [4.69, 9.17) is 24.1 Å². The molecule has 0 aromatic heterocycles. The van der Waals surface area contributed by atoms with Crippen molar-refractivity contribution in [1.82, 2.24) is 0 Å². The van der Waals surface area contributed by atoms with Crippen LogP contribution >= 0.6 is 0 Å².